The fourth-order valence-electron chi connectivity index (χ4n) is 2.91. The number of anilines is 1. The van der Waals surface area contributed by atoms with Gasteiger partial charge in [0, 0.05) is 30.6 Å². The van der Waals surface area contributed by atoms with Crippen molar-refractivity contribution in [3.8, 4) is 5.69 Å². The average Bonchev–Trinajstić information content (AvgIpc) is 2.65. The molecule has 3 aromatic rings. The van der Waals surface area contributed by atoms with Gasteiger partial charge in [0.05, 0.1) is 17.5 Å². The molecular formula is C20H15F3N2O4. The van der Waals surface area contributed by atoms with Crippen LogP contribution in [0.2, 0.25) is 0 Å². The molecule has 0 spiro atoms. The number of hydrogen-bond donors (Lipinski definition) is 1. The van der Waals surface area contributed by atoms with Gasteiger partial charge < -0.3 is 14.6 Å². The maximum atomic E-state index is 14.6. The third kappa shape index (κ3) is 3.71. The number of amides is 1. The first kappa shape index (κ1) is 20.1. The number of aromatic nitrogens is 1. The van der Waals surface area contributed by atoms with Crippen LogP contribution in [0, 0.1) is 17.5 Å². The summed E-state index contributed by atoms with van der Waals surface area (Å²) >= 11 is 0. The average molecular weight is 404 g/mol. The first-order valence-corrected chi connectivity index (χ1v) is 8.52. The van der Waals surface area contributed by atoms with Crippen molar-refractivity contribution in [3.05, 3.63) is 69.8 Å². The fourth-order valence-corrected chi connectivity index (χ4v) is 2.91. The molecule has 1 amide bonds. The highest BCUT2D eigenvalue weighted by atomic mass is 19.2. The Bertz CT molecular complexity index is 1200. The molecule has 0 saturated heterocycles. The number of carbonyl (C=O) groups is 2. The summed E-state index contributed by atoms with van der Waals surface area (Å²) < 4.78 is 48.7. The van der Waals surface area contributed by atoms with Crippen molar-refractivity contribution >= 4 is 28.5 Å². The highest BCUT2D eigenvalue weighted by molar-refractivity contribution is 5.95. The summed E-state index contributed by atoms with van der Waals surface area (Å²) in [6.07, 6.45) is 0.996. The predicted molar refractivity (Wildman–Crippen MR) is 99.7 cm³/mol. The SMILES string of the molecule is CCOC(=O)c1cn(-c2cccc(NC(C)=O)c2)c2c(F)cc(F)c(F)c2c1=O. The lowest BCUT2D eigenvalue weighted by molar-refractivity contribution is -0.114. The summed E-state index contributed by atoms with van der Waals surface area (Å²) in [5.41, 5.74) is -1.81. The number of esters is 1. The van der Waals surface area contributed by atoms with Gasteiger partial charge in [0.25, 0.3) is 0 Å². The molecule has 3 rings (SSSR count). The minimum Gasteiger partial charge on any atom is -0.462 e. The van der Waals surface area contributed by atoms with E-state index in [0.29, 0.717) is 11.8 Å². The van der Waals surface area contributed by atoms with Crippen LogP contribution in [0.5, 0.6) is 0 Å². The zero-order valence-corrected chi connectivity index (χ0v) is 15.4. The van der Waals surface area contributed by atoms with Gasteiger partial charge in [-0.15, -0.1) is 0 Å². The zero-order chi connectivity index (χ0) is 21.3. The smallest absolute Gasteiger partial charge is 0.343 e. The van der Waals surface area contributed by atoms with Gasteiger partial charge in [0.15, 0.2) is 17.5 Å². The zero-order valence-electron chi connectivity index (χ0n) is 15.4. The van der Waals surface area contributed by atoms with E-state index >= 15 is 0 Å². The van der Waals surface area contributed by atoms with Crippen LogP contribution in [0.3, 0.4) is 0 Å². The van der Waals surface area contributed by atoms with E-state index < -0.39 is 45.3 Å². The standard InChI is InChI=1S/C20H15F3N2O4/c1-3-29-20(28)13-9-25(12-6-4-5-11(7-12)24-10(2)26)18-15(22)8-14(21)17(23)16(18)19(13)27/h4-9H,3H2,1-2H3,(H,24,26). The van der Waals surface area contributed by atoms with Crippen LogP contribution in [0.25, 0.3) is 16.6 Å². The summed E-state index contributed by atoms with van der Waals surface area (Å²) in [5, 5.41) is 1.62. The molecule has 0 fully saturated rings. The van der Waals surface area contributed by atoms with E-state index in [9.17, 15) is 27.6 Å². The second-order valence-electron chi connectivity index (χ2n) is 6.07. The van der Waals surface area contributed by atoms with Crippen LogP contribution < -0.4 is 10.7 Å². The number of pyridine rings is 1. The molecule has 2 aromatic carbocycles. The number of carbonyl (C=O) groups excluding carboxylic acids is 2. The Labute approximate surface area is 162 Å². The van der Waals surface area contributed by atoms with E-state index in [1.165, 1.54) is 32.0 Å². The molecule has 0 saturated carbocycles. The number of halogens is 3. The Morgan fingerprint density at radius 2 is 1.86 bits per heavy atom. The first-order valence-electron chi connectivity index (χ1n) is 8.52. The van der Waals surface area contributed by atoms with E-state index in [1.807, 2.05) is 0 Å². The van der Waals surface area contributed by atoms with Crippen LogP contribution in [0.1, 0.15) is 24.2 Å². The lowest BCUT2D eigenvalue weighted by Crippen LogP contribution is -2.22. The van der Waals surface area contributed by atoms with Gasteiger partial charge in [0.1, 0.15) is 5.56 Å². The molecule has 150 valence electrons. The highest BCUT2D eigenvalue weighted by Crippen LogP contribution is 2.26. The topological polar surface area (TPSA) is 77.4 Å². The molecule has 0 aliphatic heterocycles. The molecule has 0 bridgehead atoms. The molecule has 1 aromatic heterocycles. The van der Waals surface area contributed by atoms with E-state index in [2.05, 4.69) is 5.32 Å². The van der Waals surface area contributed by atoms with Gasteiger partial charge in [0.2, 0.25) is 11.3 Å². The molecule has 1 N–H and O–H groups in total. The monoisotopic (exact) mass is 404 g/mol. The molecule has 0 aliphatic rings. The fraction of sp³-hybridized carbons (Fsp3) is 0.150. The van der Waals surface area contributed by atoms with Crippen LogP contribution in [0.15, 0.2) is 41.3 Å². The van der Waals surface area contributed by atoms with Gasteiger partial charge in [-0.05, 0) is 25.1 Å². The third-order valence-electron chi connectivity index (χ3n) is 4.06. The number of nitrogens with zero attached hydrogens (tertiary/aromatic N) is 1. The van der Waals surface area contributed by atoms with Crippen molar-refractivity contribution in [3.63, 3.8) is 0 Å². The Hall–Kier alpha value is -3.62. The normalized spacial score (nSPS) is 10.8. The van der Waals surface area contributed by atoms with E-state index in [4.69, 9.17) is 4.74 Å². The van der Waals surface area contributed by atoms with Crippen LogP contribution in [-0.2, 0) is 9.53 Å². The first-order chi connectivity index (χ1) is 13.7. The number of ether oxygens (including phenoxy) is 1. The Morgan fingerprint density at radius 1 is 1.14 bits per heavy atom. The minimum atomic E-state index is -1.58. The quantitative estimate of drug-likeness (QED) is 0.533. The second-order valence-corrected chi connectivity index (χ2v) is 6.07. The van der Waals surface area contributed by atoms with Crippen molar-refractivity contribution in [1.82, 2.24) is 4.57 Å². The van der Waals surface area contributed by atoms with Gasteiger partial charge in [-0.2, -0.15) is 0 Å². The van der Waals surface area contributed by atoms with Gasteiger partial charge >= 0.3 is 5.97 Å². The molecular weight excluding hydrogens is 389 g/mol. The van der Waals surface area contributed by atoms with Crippen LogP contribution >= 0.6 is 0 Å². The molecule has 0 aliphatic carbocycles. The van der Waals surface area contributed by atoms with Gasteiger partial charge in [-0.3, -0.25) is 9.59 Å². The molecule has 0 atom stereocenters. The number of benzene rings is 2. The summed E-state index contributed by atoms with van der Waals surface area (Å²) in [5.74, 6) is -5.76. The summed E-state index contributed by atoms with van der Waals surface area (Å²) in [4.78, 5) is 36.1. The van der Waals surface area contributed by atoms with Crippen molar-refractivity contribution in [1.29, 1.82) is 0 Å². The Morgan fingerprint density at radius 3 is 2.52 bits per heavy atom. The maximum absolute atomic E-state index is 14.6. The Balaban J connectivity index is 2.41. The number of hydrogen-bond acceptors (Lipinski definition) is 4. The molecule has 1 heterocycles. The number of fused-ring (bicyclic) bond motifs is 1. The van der Waals surface area contributed by atoms with Crippen molar-refractivity contribution < 1.29 is 27.5 Å². The highest BCUT2D eigenvalue weighted by Gasteiger charge is 2.24. The lowest BCUT2D eigenvalue weighted by Gasteiger charge is -2.15. The van der Waals surface area contributed by atoms with Crippen molar-refractivity contribution in [2.24, 2.45) is 0 Å². The van der Waals surface area contributed by atoms with E-state index in [1.54, 1.807) is 6.07 Å². The Kier molecular flexibility index (Phi) is 5.40. The maximum Gasteiger partial charge on any atom is 0.343 e. The lowest BCUT2D eigenvalue weighted by atomic mass is 10.1. The van der Waals surface area contributed by atoms with Gasteiger partial charge in [-0.25, -0.2) is 18.0 Å². The summed E-state index contributed by atoms with van der Waals surface area (Å²) in [6, 6.07) is 6.28. The molecule has 0 radical (unpaired) electrons. The predicted octanol–water partition coefficient (Wildman–Crippen LogP) is 3.54. The second kappa shape index (κ2) is 7.78. The third-order valence-corrected chi connectivity index (χ3v) is 4.06. The van der Waals surface area contributed by atoms with Crippen molar-refractivity contribution in [2.45, 2.75) is 13.8 Å². The van der Waals surface area contributed by atoms with E-state index in [-0.39, 0.29) is 18.2 Å². The summed E-state index contributed by atoms with van der Waals surface area (Å²) in [6.45, 7) is 2.74. The van der Waals surface area contributed by atoms with Gasteiger partial charge in [-0.1, -0.05) is 6.07 Å². The van der Waals surface area contributed by atoms with Crippen LogP contribution in [-0.4, -0.2) is 23.1 Å². The van der Waals surface area contributed by atoms with Crippen molar-refractivity contribution in [2.75, 3.05) is 11.9 Å². The minimum absolute atomic E-state index is 0.0612. The molecule has 0 unspecified atom stereocenters. The largest absolute Gasteiger partial charge is 0.462 e. The summed E-state index contributed by atoms with van der Waals surface area (Å²) in [7, 11) is 0. The molecule has 29 heavy (non-hydrogen) atoms. The molecule has 9 heteroatoms. The molecule has 6 nitrogen and oxygen atoms in total. The number of nitrogens with one attached hydrogen (secondary N) is 1. The van der Waals surface area contributed by atoms with Crippen LogP contribution in [0.4, 0.5) is 18.9 Å². The number of rotatable bonds is 4. The van der Waals surface area contributed by atoms with E-state index in [0.717, 1.165) is 10.8 Å².